The Labute approximate surface area is 833 Å². The summed E-state index contributed by atoms with van der Waals surface area (Å²) in [6.45, 7) is 24.0. The van der Waals surface area contributed by atoms with Gasteiger partial charge in [0.15, 0.2) is 0 Å². The smallest absolute Gasteiger partial charge is 0.257 e. The molecule has 33 heteroatoms. The van der Waals surface area contributed by atoms with Crippen LogP contribution in [-0.4, -0.2) is 241 Å². The van der Waals surface area contributed by atoms with Crippen molar-refractivity contribution in [2.45, 2.75) is 78.3 Å². The normalized spacial score (nSPS) is 14.7. The Morgan fingerprint density at radius 1 is 0.447 bits per heavy atom. The number of piperazine rings is 4. The first-order valence-corrected chi connectivity index (χ1v) is 49.0. The topological polar surface area (TPSA) is 380 Å². The second-order valence-electron chi connectivity index (χ2n) is 36.4. The minimum Gasteiger partial charge on any atom is -0.420 e. The van der Waals surface area contributed by atoms with Gasteiger partial charge < -0.3 is 91.4 Å². The maximum atomic E-state index is 13.8. The molecule has 4 saturated heterocycles. The third kappa shape index (κ3) is 22.7. The van der Waals surface area contributed by atoms with Crippen LogP contribution in [-0.2, 0) is 32.0 Å². The van der Waals surface area contributed by atoms with Crippen molar-refractivity contribution in [1.29, 1.82) is 0 Å². The molecule has 20 rings (SSSR count). The SMILES string of the molecule is CC(C)NC[C@@H](C(=O)N1CCN(c2c(-c3nnc(C(C)C)o3)cnc3[nH]ccc23)CC1)c1ccc(Cl)cc1.Cc1c[nH]c2ncc(-c3ccccc3)c(N3CCN(C(=O)C(CN)Cc4ccc(Cl)cc4)CC3)c12.Cc1c[nH]c2ncc(-c3ccccc3)c(N3CCN(C(=O)[C@H](N)Cc4ccc(Cl)cc4)CC3)c12.NCC(=O)N1CCN(c2c(-c3ccccc3)cnc3[nH]cc(NC(=O)c4cccnc4)c23)CC1. The Morgan fingerprint density at radius 2 is 0.887 bits per heavy atom. The number of rotatable bonds is 24. The van der Waals surface area contributed by atoms with E-state index in [1.165, 1.54) is 28.7 Å². The van der Waals surface area contributed by atoms with Crippen LogP contribution in [0.15, 0.2) is 248 Å². The van der Waals surface area contributed by atoms with Crippen LogP contribution in [0, 0.1) is 19.8 Å². The molecule has 5 amide bonds. The predicted molar refractivity (Wildman–Crippen MR) is 562 cm³/mol. The van der Waals surface area contributed by atoms with Crippen LogP contribution in [0.25, 0.3) is 89.0 Å². The summed E-state index contributed by atoms with van der Waals surface area (Å²) in [6, 6.07) is 58.7. The van der Waals surface area contributed by atoms with Crippen LogP contribution < -0.4 is 47.4 Å². The number of halogens is 3. The molecule has 0 spiro atoms. The summed E-state index contributed by atoms with van der Waals surface area (Å²) in [5, 5.41) is 21.2. The lowest BCUT2D eigenvalue weighted by atomic mass is 9.96. The van der Waals surface area contributed by atoms with Crippen molar-refractivity contribution in [1.82, 2.24) is 80.0 Å². The molecule has 6 aromatic carbocycles. The van der Waals surface area contributed by atoms with Crippen molar-refractivity contribution in [2.75, 3.05) is 149 Å². The summed E-state index contributed by atoms with van der Waals surface area (Å²) in [4.78, 5) is 118. The molecule has 0 bridgehead atoms. The predicted octanol–water partition coefficient (Wildman–Crippen LogP) is 16.4. The number of carbonyl (C=O) groups is 5. The van der Waals surface area contributed by atoms with Gasteiger partial charge in [0.2, 0.25) is 29.5 Å². The highest BCUT2D eigenvalue weighted by Gasteiger charge is 2.36. The Bertz CT molecular complexity index is 6970. The lowest BCUT2D eigenvalue weighted by Gasteiger charge is -2.38. The number of aryl methyl sites for hydroxylation is 2. The van der Waals surface area contributed by atoms with Gasteiger partial charge in [-0.25, -0.2) is 19.9 Å². The third-order valence-corrected chi connectivity index (χ3v) is 27.2. The van der Waals surface area contributed by atoms with Crippen molar-refractivity contribution >= 4 is 137 Å². The average Bonchev–Trinajstić information content (AvgIpc) is 1.67. The quantitative estimate of drug-likeness (QED) is 0.0271. The summed E-state index contributed by atoms with van der Waals surface area (Å²) < 4.78 is 6.00. The molecule has 4 aliphatic heterocycles. The number of hydrogen-bond donors (Lipinski definition) is 9. The fourth-order valence-corrected chi connectivity index (χ4v) is 19.3. The van der Waals surface area contributed by atoms with Crippen molar-refractivity contribution < 1.29 is 28.4 Å². The Morgan fingerprint density at radius 3 is 1.35 bits per heavy atom. The van der Waals surface area contributed by atoms with E-state index in [4.69, 9.17) is 56.4 Å². The minimum atomic E-state index is -0.563. The van der Waals surface area contributed by atoms with Crippen LogP contribution in [0.3, 0.4) is 0 Å². The van der Waals surface area contributed by atoms with Crippen LogP contribution in [0.1, 0.15) is 83.6 Å². The molecule has 0 aliphatic carbocycles. The van der Waals surface area contributed by atoms with E-state index in [1.807, 2.05) is 199 Å². The summed E-state index contributed by atoms with van der Waals surface area (Å²) >= 11 is 18.1. The Hall–Kier alpha value is -14.4. The average molecular weight is 1950 g/mol. The van der Waals surface area contributed by atoms with E-state index >= 15 is 0 Å². The third-order valence-electron chi connectivity index (χ3n) is 26.4. The van der Waals surface area contributed by atoms with Crippen LogP contribution >= 0.6 is 34.8 Å². The summed E-state index contributed by atoms with van der Waals surface area (Å²) in [6.07, 6.45) is 19.5. The minimum absolute atomic E-state index is 0.00409. The number of benzene rings is 6. The molecule has 0 saturated carbocycles. The van der Waals surface area contributed by atoms with E-state index in [9.17, 15) is 24.0 Å². The largest absolute Gasteiger partial charge is 0.420 e. The van der Waals surface area contributed by atoms with Gasteiger partial charge in [-0.05, 0) is 126 Å². The van der Waals surface area contributed by atoms with Gasteiger partial charge >= 0.3 is 0 Å². The van der Waals surface area contributed by atoms with Crippen LogP contribution in [0.2, 0.25) is 15.1 Å². The second-order valence-corrected chi connectivity index (χ2v) is 37.7. The monoisotopic (exact) mass is 1950 g/mol. The van der Waals surface area contributed by atoms with E-state index in [1.54, 1.807) is 35.6 Å². The number of H-pyrrole nitrogens is 4. The lowest BCUT2D eigenvalue weighted by Crippen LogP contribution is -2.53. The molecule has 30 nitrogen and oxygen atoms in total. The molecule has 3 atom stereocenters. The van der Waals surface area contributed by atoms with E-state index in [-0.39, 0.29) is 59.9 Å². The number of fused-ring (bicyclic) bond motifs is 4. The number of carbonyl (C=O) groups excluding carboxylic acids is 5. The Kier molecular flexibility index (Phi) is 31.5. The van der Waals surface area contributed by atoms with Crippen molar-refractivity contribution in [2.24, 2.45) is 23.1 Å². The van der Waals surface area contributed by atoms with E-state index in [0.29, 0.717) is 148 Å². The highest BCUT2D eigenvalue weighted by Crippen LogP contribution is 2.45. The Balaban J connectivity index is 0.000000130. The molecule has 14 heterocycles. The standard InChI is InChI=1S/C28H34ClN7O2.C28H30ClN5O.C27H28ClN5O.C25H25N7O2/c1-17(2)26-33-34-27(38-26)23-16-32-25-21(9-10-30-25)24(23)35-11-13-36(14-12-35)28(37)22(15-31-18(3)4)19-5-7-20(29)8-6-19;1-19-17-31-27-25(19)26(24(18-32-27)21-5-3-2-4-6-21)33-11-13-34(14-12-33)28(35)22(16-30)15-20-7-9-23(29)10-8-20;1-18-16-30-26-24(18)25(22(17-31-26)20-5-3-2-4-6-20)32-11-13-33(14-12-32)27(34)23(29)15-19-7-9-21(28)10-8-19;26-13-21(33)31-9-11-32(12-10-31)23-19(17-5-2-1-3-6-17)15-28-24-22(23)20(16-29-24)30-25(34)18-7-4-8-27-14-18/h5-10,16-18,22,31H,11-15H2,1-4H3,(H,30,32);2-10,17-18,22H,11-16,30H2,1H3,(H,31,32);2-10,16-17,23H,11-15,29H2,1H3,(H,30,31);1-8,14-16H,9-13,26H2,(H,28,29)(H,30,34)/t22-;;23-;/m1.1./s1. The first-order chi connectivity index (χ1) is 68.5. The van der Waals surface area contributed by atoms with Gasteiger partial charge in [0, 0.05) is 240 Å². The maximum absolute atomic E-state index is 13.8. The number of nitrogens with two attached hydrogens (primary N) is 3. The molecule has 4 aliphatic rings. The fourth-order valence-electron chi connectivity index (χ4n) is 18.9. The lowest BCUT2D eigenvalue weighted by molar-refractivity contribution is -0.135. The van der Waals surface area contributed by atoms with Crippen molar-refractivity contribution in [3.8, 4) is 44.8 Å². The first-order valence-electron chi connectivity index (χ1n) is 47.9. The summed E-state index contributed by atoms with van der Waals surface area (Å²) in [5.41, 5.74) is 39.3. The molecular weight excluding hydrogens is 1840 g/mol. The van der Waals surface area contributed by atoms with Gasteiger partial charge in [-0.2, -0.15) is 0 Å². The number of nitrogens with zero attached hydrogens (tertiary/aromatic N) is 15. The molecule has 10 aromatic heterocycles. The zero-order valence-electron chi connectivity index (χ0n) is 79.9. The van der Waals surface area contributed by atoms with E-state index in [0.717, 1.165) is 132 Å². The molecule has 4 fully saturated rings. The number of anilines is 5. The second kappa shape index (κ2) is 45.3. The van der Waals surface area contributed by atoms with Crippen molar-refractivity contribution in [3.05, 3.63) is 298 Å². The number of nitrogens with one attached hydrogen (secondary N) is 6. The fraction of sp³-hybridized carbons (Fsp3) is 0.296. The number of amides is 5. The highest BCUT2D eigenvalue weighted by atomic mass is 35.5. The zero-order chi connectivity index (χ0) is 98.3. The van der Waals surface area contributed by atoms with Gasteiger partial charge in [-0.15, -0.1) is 10.2 Å². The molecule has 0 radical (unpaired) electrons. The first kappa shape index (κ1) is 98.2. The van der Waals surface area contributed by atoms with Gasteiger partial charge in [-0.1, -0.05) is 190 Å². The summed E-state index contributed by atoms with van der Waals surface area (Å²) in [5.74, 6) is 0.636. The highest BCUT2D eigenvalue weighted by molar-refractivity contribution is 6.31. The van der Waals surface area contributed by atoms with Crippen LogP contribution in [0.5, 0.6) is 0 Å². The zero-order valence-corrected chi connectivity index (χ0v) is 82.1. The number of hydrogen-bond acceptors (Lipinski definition) is 21. The molecule has 141 heavy (non-hydrogen) atoms. The van der Waals surface area contributed by atoms with Gasteiger partial charge in [0.05, 0.1) is 69.4 Å². The van der Waals surface area contributed by atoms with Crippen molar-refractivity contribution in [3.63, 3.8) is 0 Å². The maximum Gasteiger partial charge on any atom is 0.257 e. The molecular formula is C108H117Cl3N24O6. The van der Waals surface area contributed by atoms with Gasteiger partial charge in [0.25, 0.3) is 11.8 Å². The number of aromatic amines is 4. The summed E-state index contributed by atoms with van der Waals surface area (Å²) in [7, 11) is 0. The molecule has 12 N–H and O–H groups in total. The number of pyridine rings is 5. The van der Waals surface area contributed by atoms with E-state index in [2.05, 4.69) is 149 Å². The van der Waals surface area contributed by atoms with Gasteiger partial charge in [-0.3, -0.25) is 29.0 Å². The molecule has 16 aromatic rings. The molecule has 726 valence electrons. The molecule has 1 unspecified atom stereocenters. The van der Waals surface area contributed by atoms with E-state index < -0.39 is 6.04 Å². The van der Waals surface area contributed by atoms with Crippen LogP contribution in [0.4, 0.5) is 28.4 Å². The van der Waals surface area contributed by atoms with Gasteiger partial charge in [0.1, 0.15) is 22.6 Å². The number of aromatic nitrogens is 11.